The summed E-state index contributed by atoms with van der Waals surface area (Å²) in [7, 11) is 5.82. The first kappa shape index (κ1) is 14.8. The third-order valence-corrected chi connectivity index (χ3v) is 3.84. The zero-order valence-electron chi connectivity index (χ0n) is 10.8. The molecule has 0 spiro atoms. The zero-order chi connectivity index (χ0) is 13.1. The Labute approximate surface area is 113 Å². The van der Waals surface area contributed by atoms with E-state index in [1.165, 1.54) is 0 Å². The first-order chi connectivity index (χ1) is 7.89. The van der Waals surface area contributed by atoms with Crippen molar-refractivity contribution in [1.82, 2.24) is 4.90 Å². The van der Waals surface area contributed by atoms with Crippen molar-refractivity contribution in [2.45, 2.75) is 18.9 Å². The number of rotatable bonds is 5. The predicted octanol–water partition coefficient (Wildman–Crippen LogP) is 3.50. The topological polar surface area (TPSA) is 12.5 Å². The molecule has 0 saturated carbocycles. The SMILES string of the molecule is COC[C@](C)(Cc1ccc(Cl)c(Cl)c1)N(C)C. The monoisotopic (exact) mass is 275 g/mol. The Bertz CT molecular complexity index is 382. The number of hydrogen-bond donors (Lipinski definition) is 0. The number of methoxy groups -OCH3 is 1. The number of hydrogen-bond acceptors (Lipinski definition) is 2. The van der Waals surface area contributed by atoms with Gasteiger partial charge in [0.25, 0.3) is 0 Å². The minimum Gasteiger partial charge on any atom is -0.383 e. The lowest BCUT2D eigenvalue weighted by Gasteiger charge is -2.36. The van der Waals surface area contributed by atoms with Crippen molar-refractivity contribution in [3.63, 3.8) is 0 Å². The Balaban J connectivity index is 2.90. The lowest BCUT2D eigenvalue weighted by molar-refractivity contribution is 0.0533. The standard InChI is InChI=1S/C13H19Cl2NO/c1-13(9-17-4,16(2)3)8-10-5-6-11(14)12(15)7-10/h5-7H,8-9H2,1-4H3/t13-/m0/s1. The summed E-state index contributed by atoms with van der Waals surface area (Å²) in [5, 5.41) is 1.19. The molecule has 0 N–H and O–H groups in total. The molecule has 0 saturated heterocycles. The molecule has 0 amide bonds. The van der Waals surface area contributed by atoms with Gasteiger partial charge in [-0.25, -0.2) is 0 Å². The van der Waals surface area contributed by atoms with Crippen LogP contribution in [0.15, 0.2) is 18.2 Å². The number of benzene rings is 1. The van der Waals surface area contributed by atoms with Gasteiger partial charge in [0.2, 0.25) is 0 Å². The van der Waals surface area contributed by atoms with Gasteiger partial charge in [0, 0.05) is 12.6 Å². The van der Waals surface area contributed by atoms with Crippen LogP contribution in [0, 0.1) is 0 Å². The average molecular weight is 276 g/mol. The molecule has 0 fully saturated rings. The number of likely N-dealkylation sites (N-methyl/N-ethyl adjacent to an activating group) is 1. The largest absolute Gasteiger partial charge is 0.383 e. The molecule has 1 rings (SSSR count). The fraction of sp³-hybridized carbons (Fsp3) is 0.538. The van der Waals surface area contributed by atoms with Gasteiger partial charge in [-0.1, -0.05) is 29.3 Å². The molecular weight excluding hydrogens is 257 g/mol. The van der Waals surface area contributed by atoms with Gasteiger partial charge in [-0.15, -0.1) is 0 Å². The molecule has 1 aromatic carbocycles. The Morgan fingerprint density at radius 3 is 2.35 bits per heavy atom. The predicted molar refractivity (Wildman–Crippen MR) is 74.1 cm³/mol. The summed E-state index contributed by atoms with van der Waals surface area (Å²) in [6.45, 7) is 2.83. The Kier molecular flexibility index (Phi) is 5.26. The highest BCUT2D eigenvalue weighted by Crippen LogP contribution is 2.26. The molecular formula is C13H19Cl2NO. The van der Waals surface area contributed by atoms with Crippen molar-refractivity contribution in [2.24, 2.45) is 0 Å². The fourth-order valence-electron chi connectivity index (χ4n) is 1.74. The molecule has 0 heterocycles. The van der Waals surface area contributed by atoms with Crippen LogP contribution in [0.25, 0.3) is 0 Å². The summed E-state index contributed by atoms with van der Waals surface area (Å²) in [6.07, 6.45) is 0.866. The van der Waals surface area contributed by atoms with Crippen LogP contribution in [0.2, 0.25) is 10.0 Å². The fourth-order valence-corrected chi connectivity index (χ4v) is 2.06. The Morgan fingerprint density at radius 1 is 1.24 bits per heavy atom. The van der Waals surface area contributed by atoms with Crippen molar-refractivity contribution in [3.05, 3.63) is 33.8 Å². The highest BCUT2D eigenvalue weighted by molar-refractivity contribution is 6.42. The molecule has 2 nitrogen and oxygen atoms in total. The zero-order valence-corrected chi connectivity index (χ0v) is 12.3. The number of ether oxygens (including phenoxy) is 1. The molecule has 0 radical (unpaired) electrons. The first-order valence-electron chi connectivity index (χ1n) is 5.49. The van der Waals surface area contributed by atoms with Crippen molar-refractivity contribution in [2.75, 3.05) is 27.8 Å². The summed E-state index contributed by atoms with van der Waals surface area (Å²) in [6, 6.07) is 5.76. The summed E-state index contributed by atoms with van der Waals surface area (Å²) < 4.78 is 5.29. The van der Waals surface area contributed by atoms with E-state index in [2.05, 4.69) is 25.9 Å². The minimum absolute atomic E-state index is 0.0497. The van der Waals surface area contributed by atoms with E-state index in [9.17, 15) is 0 Å². The van der Waals surface area contributed by atoms with Gasteiger partial charge >= 0.3 is 0 Å². The number of nitrogens with zero attached hydrogens (tertiary/aromatic N) is 1. The van der Waals surface area contributed by atoms with Crippen LogP contribution in [-0.4, -0.2) is 38.3 Å². The molecule has 0 unspecified atom stereocenters. The molecule has 0 aliphatic heterocycles. The van der Waals surface area contributed by atoms with E-state index in [1.54, 1.807) is 7.11 Å². The second kappa shape index (κ2) is 6.05. The third-order valence-electron chi connectivity index (χ3n) is 3.10. The molecule has 0 bridgehead atoms. The summed E-state index contributed by atoms with van der Waals surface area (Å²) in [5.74, 6) is 0. The smallest absolute Gasteiger partial charge is 0.0646 e. The van der Waals surface area contributed by atoms with Gasteiger partial charge in [0.1, 0.15) is 0 Å². The maximum absolute atomic E-state index is 6.02. The Hall–Kier alpha value is -0.280. The van der Waals surface area contributed by atoms with E-state index in [-0.39, 0.29) is 5.54 Å². The van der Waals surface area contributed by atoms with E-state index in [0.29, 0.717) is 16.7 Å². The van der Waals surface area contributed by atoms with E-state index in [1.807, 2.05) is 18.2 Å². The van der Waals surface area contributed by atoms with Gasteiger partial charge in [0.15, 0.2) is 0 Å². The highest BCUT2D eigenvalue weighted by Gasteiger charge is 2.27. The quantitative estimate of drug-likeness (QED) is 0.816. The van der Waals surface area contributed by atoms with E-state index in [0.717, 1.165) is 12.0 Å². The summed E-state index contributed by atoms with van der Waals surface area (Å²) >= 11 is 11.9. The van der Waals surface area contributed by atoms with Crippen molar-refractivity contribution in [1.29, 1.82) is 0 Å². The van der Waals surface area contributed by atoms with E-state index < -0.39 is 0 Å². The molecule has 96 valence electrons. The highest BCUT2D eigenvalue weighted by atomic mass is 35.5. The summed E-state index contributed by atoms with van der Waals surface area (Å²) in [5.41, 5.74) is 1.11. The van der Waals surface area contributed by atoms with Crippen LogP contribution in [0.4, 0.5) is 0 Å². The minimum atomic E-state index is -0.0497. The maximum Gasteiger partial charge on any atom is 0.0646 e. The normalized spacial score (nSPS) is 15.0. The Morgan fingerprint density at radius 2 is 1.88 bits per heavy atom. The maximum atomic E-state index is 6.02. The first-order valence-corrected chi connectivity index (χ1v) is 6.25. The van der Waals surface area contributed by atoms with Gasteiger partial charge in [-0.05, 0) is 45.1 Å². The van der Waals surface area contributed by atoms with Crippen LogP contribution in [0.5, 0.6) is 0 Å². The van der Waals surface area contributed by atoms with Crippen molar-refractivity contribution in [3.8, 4) is 0 Å². The van der Waals surface area contributed by atoms with Crippen LogP contribution in [0.1, 0.15) is 12.5 Å². The molecule has 0 aliphatic rings. The molecule has 0 aliphatic carbocycles. The van der Waals surface area contributed by atoms with Gasteiger partial charge < -0.3 is 9.64 Å². The van der Waals surface area contributed by atoms with E-state index >= 15 is 0 Å². The molecule has 4 heteroatoms. The molecule has 1 atom stereocenters. The van der Waals surface area contributed by atoms with Gasteiger partial charge in [-0.3, -0.25) is 0 Å². The summed E-state index contributed by atoms with van der Waals surface area (Å²) in [4.78, 5) is 2.17. The second-order valence-corrected chi connectivity index (χ2v) is 5.56. The van der Waals surface area contributed by atoms with Gasteiger partial charge in [-0.2, -0.15) is 0 Å². The van der Waals surface area contributed by atoms with E-state index in [4.69, 9.17) is 27.9 Å². The van der Waals surface area contributed by atoms with Crippen molar-refractivity contribution < 1.29 is 4.74 Å². The lowest BCUT2D eigenvalue weighted by Crippen LogP contribution is -2.47. The third kappa shape index (κ3) is 3.85. The van der Waals surface area contributed by atoms with Gasteiger partial charge in [0.05, 0.1) is 16.7 Å². The van der Waals surface area contributed by atoms with Crippen LogP contribution in [0.3, 0.4) is 0 Å². The lowest BCUT2D eigenvalue weighted by atomic mass is 9.92. The van der Waals surface area contributed by atoms with Crippen LogP contribution in [-0.2, 0) is 11.2 Å². The second-order valence-electron chi connectivity index (χ2n) is 4.75. The molecule has 0 aromatic heterocycles. The average Bonchev–Trinajstić information content (AvgIpc) is 2.23. The number of halogens is 2. The molecule has 17 heavy (non-hydrogen) atoms. The van der Waals surface area contributed by atoms with Crippen LogP contribution >= 0.6 is 23.2 Å². The molecule has 1 aromatic rings. The van der Waals surface area contributed by atoms with Crippen molar-refractivity contribution >= 4 is 23.2 Å². The van der Waals surface area contributed by atoms with Crippen LogP contribution < -0.4 is 0 Å².